The maximum Gasteiger partial charge on any atom is 0.231 e. The fourth-order valence-electron chi connectivity index (χ4n) is 2.40. The molecule has 5 nitrogen and oxygen atoms in total. The van der Waals surface area contributed by atoms with E-state index in [0.29, 0.717) is 18.2 Å². The molecule has 1 aliphatic rings. The molecule has 0 aliphatic carbocycles. The van der Waals surface area contributed by atoms with Gasteiger partial charge >= 0.3 is 0 Å². The van der Waals surface area contributed by atoms with Crippen molar-refractivity contribution < 1.29 is 14.0 Å². The van der Waals surface area contributed by atoms with E-state index in [-0.39, 0.29) is 30.0 Å². The van der Waals surface area contributed by atoms with E-state index in [4.69, 9.17) is 0 Å². The smallest absolute Gasteiger partial charge is 0.231 e. The van der Waals surface area contributed by atoms with Crippen LogP contribution in [0.3, 0.4) is 0 Å². The molecule has 1 aromatic carbocycles. The van der Waals surface area contributed by atoms with Gasteiger partial charge in [-0.2, -0.15) is 0 Å². The van der Waals surface area contributed by atoms with Crippen molar-refractivity contribution in [3.8, 4) is 0 Å². The Labute approximate surface area is 130 Å². The van der Waals surface area contributed by atoms with Crippen LogP contribution in [-0.2, 0) is 16.1 Å². The molecule has 1 aliphatic heterocycles. The topological polar surface area (TPSA) is 62.3 Å². The zero-order valence-corrected chi connectivity index (χ0v) is 12.5. The Kier molecular flexibility index (Phi) is 4.15. The number of hydrogen-bond donors (Lipinski definition) is 1. The molecular formula is C15H14FN3O2S. The first-order chi connectivity index (χ1) is 10.6. The van der Waals surface area contributed by atoms with Gasteiger partial charge in [0.1, 0.15) is 5.82 Å². The van der Waals surface area contributed by atoms with Crippen LogP contribution in [0.4, 0.5) is 9.52 Å². The SMILES string of the molecule is O=C(Nc1nccs1)[C@@H]1CC(=O)N(Cc2ccc(F)cc2)C1. The second-order valence-electron chi connectivity index (χ2n) is 5.13. The lowest BCUT2D eigenvalue weighted by molar-refractivity contribution is -0.128. The Hall–Kier alpha value is -2.28. The van der Waals surface area contributed by atoms with Gasteiger partial charge in [0, 0.05) is 31.1 Å². The van der Waals surface area contributed by atoms with Crippen molar-refractivity contribution in [1.82, 2.24) is 9.88 Å². The molecule has 0 saturated carbocycles. The predicted octanol–water partition coefficient (Wildman–Crippen LogP) is 2.27. The molecule has 0 radical (unpaired) electrons. The van der Waals surface area contributed by atoms with Crippen molar-refractivity contribution in [2.24, 2.45) is 5.92 Å². The van der Waals surface area contributed by atoms with Gasteiger partial charge in [0.05, 0.1) is 5.92 Å². The fourth-order valence-corrected chi connectivity index (χ4v) is 2.94. The third-order valence-electron chi connectivity index (χ3n) is 3.53. The van der Waals surface area contributed by atoms with Gasteiger partial charge in [-0.1, -0.05) is 12.1 Å². The first kappa shape index (κ1) is 14.6. The third kappa shape index (κ3) is 3.30. The molecule has 22 heavy (non-hydrogen) atoms. The predicted molar refractivity (Wildman–Crippen MR) is 80.7 cm³/mol. The van der Waals surface area contributed by atoms with E-state index in [1.54, 1.807) is 28.6 Å². The average Bonchev–Trinajstić information content (AvgIpc) is 3.12. The Bertz CT molecular complexity index is 673. The van der Waals surface area contributed by atoms with E-state index in [1.165, 1.54) is 23.5 Å². The lowest BCUT2D eigenvalue weighted by Gasteiger charge is -2.16. The molecule has 114 valence electrons. The van der Waals surface area contributed by atoms with E-state index in [1.807, 2.05) is 0 Å². The molecule has 1 fully saturated rings. The number of thiazole rings is 1. The molecule has 1 N–H and O–H groups in total. The van der Waals surface area contributed by atoms with E-state index in [9.17, 15) is 14.0 Å². The van der Waals surface area contributed by atoms with Crippen LogP contribution in [-0.4, -0.2) is 28.2 Å². The largest absolute Gasteiger partial charge is 0.338 e. The summed E-state index contributed by atoms with van der Waals surface area (Å²) in [5, 5.41) is 5.03. The van der Waals surface area contributed by atoms with Crippen molar-refractivity contribution in [3.63, 3.8) is 0 Å². The summed E-state index contributed by atoms with van der Waals surface area (Å²) in [7, 11) is 0. The second-order valence-corrected chi connectivity index (χ2v) is 6.02. The molecule has 2 heterocycles. The third-order valence-corrected chi connectivity index (χ3v) is 4.22. The van der Waals surface area contributed by atoms with Crippen LogP contribution in [0.25, 0.3) is 0 Å². The summed E-state index contributed by atoms with van der Waals surface area (Å²) < 4.78 is 12.9. The van der Waals surface area contributed by atoms with Crippen molar-refractivity contribution in [2.75, 3.05) is 11.9 Å². The lowest BCUT2D eigenvalue weighted by Crippen LogP contribution is -2.28. The number of nitrogens with one attached hydrogen (secondary N) is 1. The number of amides is 2. The number of rotatable bonds is 4. The first-order valence-electron chi connectivity index (χ1n) is 6.84. The highest BCUT2D eigenvalue weighted by Crippen LogP contribution is 2.22. The Morgan fingerprint density at radius 2 is 2.18 bits per heavy atom. The van der Waals surface area contributed by atoms with E-state index >= 15 is 0 Å². The quantitative estimate of drug-likeness (QED) is 0.940. The molecule has 1 atom stereocenters. The van der Waals surface area contributed by atoms with Crippen LogP contribution in [0.1, 0.15) is 12.0 Å². The summed E-state index contributed by atoms with van der Waals surface area (Å²) >= 11 is 1.34. The minimum atomic E-state index is -0.378. The number of anilines is 1. The minimum Gasteiger partial charge on any atom is -0.338 e. The Balaban J connectivity index is 1.60. The van der Waals surface area contributed by atoms with Crippen LogP contribution >= 0.6 is 11.3 Å². The monoisotopic (exact) mass is 319 g/mol. The first-order valence-corrected chi connectivity index (χ1v) is 7.72. The van der Waals surface area contributed by atoms with Crippen molar-refractivity contribution >= 4 is 28.3 Å². The normalized spacial score (nSPS) is 17.8. The summed E-state index contributed by atoms with van der Waals surface area (Å²) in [5.41, 5.74) is 0.843. The number of hydrogen-bond acceptors (Lipinski definition) is 4. The molecular weight excluding hydrogens is 305 g/mol. The van der Waals surface area contributed by atoms with Crippen LogP contribution in [0, 0.1) is 11.7 Å². The van der Waals surface area contributed by atoms with Gasteiger partial charge < -0.3 is 10.2 Å². The van der Waals surface area contributed by atoms with Crippen LogP contribution in [0.2, 0.25) is 0 Å². The number of nitrogens with zero attached hydrogens (tertiary/aromatic N) is 2. The van der Waals surface area contributed by atoms with E-state index in [0.717, 1.165) is 5.56 Å². The van der Waals surface area contributed by atoms with E-state index < -0.39 is 0 Å². The number of halogens is 1. The van der Waals surface area contributed by atoms with Crippen LogP contribution in [0.5, 0.6) is 0 Å². The number of aromatic nitrogens is 1. The summed E-state index contributed by atoms with van der Waals surface area (Å²) in [6.07, 6.45) is 1.80. The number of carbonyl (C=O) groups is 2. The molecule has 1 aromatic heterocycles. The summed E-state index contributed by atoms with van der Waals surface area (Å²) in [6, 6.07) is 6.02. The van der Waals surface area contributed by atoms with Crippen LogP contribution < -0.4 is 5.32 Å². The Morgan fingerprint density at radius 1 is 1.41 bits per heavy atom. The van der Waals surface area contributed by atoms with Gasteiger partial charge in [-0.3, -0.25) is 9.59 Å². The maximum atomic E-state index is 12.9. The van der Waals surface area contributed by atoms with Crippen molar-refractivity contribution in [2.45, 2.75) is 13.0 Å². The van der Waals surface area contributed by atoms with Gasteiger partial charge in [-0.05, 0) is 17.7 Å². The van der Waals surface area contributed by atoms with E-state index in [2.05, 4.69) is 10.3 Å². The standard InChI is InChI=1S/C15H14FN3O2S/c16-12-3-1-10(2-4-12)8-19-9-11(7-13(19)20)14(21)18-15-17-5-6-22-15/h1-6,11H,7-9H2,(H,17,18,21)/t11-/m1/s1. The average molecular weight is 319 g/mol. The highest BCUT2D eigenvalue weighted by molar-refractivity contribution is 7.13. The Morgan fingerprint density at radius 3 is 2.86 bits per heavy atom. The van der Waals surface area contributed by atoms with Gasteiger partial charge in [-0.25, -0.2) is 9.37 Å². The molecule has 1 saturated heterocycles. The molecule has 7 heteroatoms. The highest BCUT2D eigenvalue weighted by atomic mass is 32.1. The molecule has 0 unspecified atom stereocenters. The van der Waals surface area contributed by atoms with Crippen LogP contribution in [0.15, 0.2) is 35.8 Å². The molecule has 0 bridgehead atoms. The zero-order chi connectivity index (χ0) is 15.5. The maximum absolute atomic E-state index is 12.9. The molecule has 2 aromatic rings. The van der Waals surface area contributed by atoms with Gasteiger partial charge in [-0.15, -0.1) is 11.3 Å². The molecule has 3 rings (SSSR count). The van der Waals surface area contributed by atoms with Gasteiger partial charge in [0.25, 0.3) is 0 Å². The van der Waals surface area contributed by atoms with Gasteiger partial charge in [0.15, 0.2) is 5.13 Å². The number of benzene rings is 1. The lowest BCUT2D eigenvalue weighted by atomic mass is 10.1. The van der Waals surface area contributed by atoms with Crippen molar-refractivity contribution in [1.29, 1.82) is 0 Å². The molecule has 2 amide bonds. The summed E-state index contributed by atoms with van der Waals surface area (Å²) in [6.45, 7) is 0.758. The summed E-state index contributed by atoms with van der Waals surface area (Å²) in [5.74, 6) is -0.942. The highest BCUT2D eigenvalue weighted by Gasteiger charge is 2.34. The number of likely N-dealkylation sites (tertiary alicyclic amines) is 1. The minimum absolute atomic E-state index is 0.0661. The molecule has 0 spiro atoms. The summed E-state index contributed by atoms with van der Waals surface area (Å²) in [4.78, 5) is 29.8. The fraction of sp³-hybridized carbons (Fsp3) is 0.267. The van der Waals surface area contributed by atoms with Crippen molar-refractivity contribution in [3.05, 3.63) is 47.2 Å². The second kappa shape index (κ2) is 6.23. The van der Waals surface area contributed by atoms with Gasteiger partial charge in [0.2, 0.25) is 11.8 Å². The number of carbonyl (C=O) groups excluding carboxylic acids is 2. The zero-order valence-electron chi connectivity index (χ0n) is 11.7.